The Balaban J connectivity index is 1.73. The van der Waals surface area contributed by atoms with Crippen molar-refractivity contribution in [3.05, 3.63) is 68.8 Å². The monoisotopic (exact) mass is 386 g/mol. The first-order chi connectivity index (χ1) is 13.0. The molecule has 2 aromatic carbocycles. The Morgan fingerprint density at radius 2 is 1.78 bits per heavy atom. The maximum atomic E-state index is 12.8. The van der Waals surface area contributed by atoms with E-state index in [1.165, 1.54) is 0 Å². The van der Waals surface area contributed by atoms with Gasteiger partial charge in [0.15, 0.2) is 5.75 Å². The molecule has 2 aromatic rings. The lowest BCUT2D eigenvalue weighted by molar-refractivity contribution is 0.249. The lowest BCUT2D eigenvalue weighted by Gasteiger charge is -2.36. The van der Waals surface area contributed by atoms with Gasteiger partial charge >= 0.3 is 0 Å². The Morgan fingerprint density at radius 1 is 1.07 bits per heavy atom. The number of methoxy groups -OCH3 is 1. The van der Waals surface area contributed by atoms with E-state index in [-0.39, 0.29) is 5.43 Å². The number of hydrogen-bond acceptors (Lipinski definition) is 4. The van der Waals surface area contributed by atoms with Crippen LogP contribution < -0.4 is 15.1 Å². The predicted molar refractivity (Wildman–Crippen MR) is 112 cm³/mol. The minimum atomic E-state index is -0.0158. The second-order valence-corrected chi connectivity index (χ2v) is 7.68. The summed E-state index contributed by atoms with van der Waals surface area (Å²) in [6, 6.07) is 13.8. The van der Waals surface area contributed by atoms with Gasteiger partial charge in [0.2, 0.25) is 5.43 Å². The first kappa shape index (κ1) is 19.7. The summed E-state index contributed by atoms with van der Waals surface area (Å²) in [5.74, 6) is 0.770. The van der Waals surface area contributed by atoms with Gasteiger partial charge in [-0.3, -0.25) is 9.69 Å². The van der Waals surface area contributed by atoms with E-state index in [0.29, 0.717) is 18.2 Å². The minimum Gasteiger partial charge on any atom is -0.493 e. The number of anilines is 1. The number of piperazine rings is 1. The van der Waals surface area contributed by atoms with Gasteiger partial charge < -0.3 is 9.64 Å². The van der Waals surface area contributed by atoms with Crippen molar-refractivity contribution in [3.63, 3.8) is 0 Å². The van der Waals surface area contributed by atoms with E-state index in [1.54, 1.807) is 7.11 Å². The van der Waals surface area contributed by atoms with Crippen LogP contribution in [0.1, 0.15) is 30.9 Å². The minimum absolute atomic E-state index is 0.0158. The summed E-state index contributed by atoms with van der Waals surface area (Å²) < 4.78 is 5.36. The fraction of sp³-hybridized carbons (Fsp3) is 0.409. The highest BCUT2D eigenvalue weighted by Crippen LogP contribution is 2.26. The number of benzene rings is 1. The second-order valence-electron chi connectivity index (χ2n) is 7.27. The van der Waals surface area contributed by atoms with Crippen LogP contribution >= 0.6 is 11.6 Å². The molecule has 0 saturated carbocycles. The summed E-state index contributed by atoms with van der Waals surface area (Å²) in [4.78, 5) is 17.4. The Kier molecular flexibility index (Phi) is 6.40. The Morgan fingerprint density at radius 3 is 2.41 bits per heavy atom. The van der Waals surface area contributed by atoms with Crippen LogP contribution in [0, 0.1) is 0 Å². The molecular formula is C22H27ClN2O2. The molecule has 0 atom stereocenters. The average molecular weight is 387 g/mol. The summed E-state index contributed by atoms with van der Waals surface area (Å²) in [6.45, 7) is 8.44. The molecular weight excluding hydrogens is 360 g/mol. The molecule has 4 nitrogen and oxygen atoms in total. The molecule has 0 radical (unpaired) electrons. The van der Waals surface area contributed by atoms with E-state index < -0.39 is 0 Å². The van der Waals surface area contributed by atoms with E-state index in [9.17, 15) is 4.79 Å². The zero-order valence-electron chi connectivity index (χ0n) is 16.2. The third kappa shape index (κ3) is 4.63. The maximum Gasteiger partial charge on any atom is 0.224 e. The SMILES string of the molecule is COc1cc(C(C)C)ccc(CN2CCN(c3ccccc3Cl)CC2)c1=O. The largest absolute Gasteiger partial charge is 0.493 e. The standard InChI is InChI=1S/C22H27ClN2O2/c1-16(2)17-8-9-18(22(26)21(14-17)27-3)15-24-10-12-25(13-11-24)20-7-5-4-6-19(20)23/h4-9,14,16H,10-13,15H2,1-3H3. The lowest BCUT2D eigenvalue weighted by atomic mass is 10.1. The fourth-order valence-electron chi connectivity index (χ4n) is 3.43. The molecule has 1 saturated heterocycles. The molecule has 0 unspecified atom stereocenters. The van der Waals surface area contributed by atoms with Crippen LogP contribution in [0.25, 0.3) is 0 Å². The topological polar surface area (TPSA) is 32.8 Å². The van der Waals surface area contributed by atoms with E-state index in [4.69, 9.17) is 16.3 Å². The molecule has 1 heterocycles. The van der Waals surface area contributed by atoms with E-state index in [2.05, 4.69) is 29.7 Å². The lowest BCUT2D eigenvalue weighted by Crippen LogP contribution is -2.46. The van der Waals surface area contributed by atoms with Crippen LogP contribution in [0.5, 0.6) is 5.75 Å². The van der Waals surface area contributed by atoms with Crippen LogP contribution in [0.3, 0.4) is 0 Å². The molecule has 0 amide bonds. The smallest absolute Gasteiger partial charge is 0.224 e. The summed E-state index contributed by atoms with van der Waals surface area (Å²) in [6.07, 6.45) is 0. The fourth-order valence-corrected chi connectivity index (χ4v) is 3.68. The second kappa shape index (κ2) is 8.77. The van der Waals surface area contributed by atoms with Crippen LogP contribution in [0.15, 0.2) is 47.3 Å². The van der Waals surface area contributed by atoms with Crippen molar-refractivity contribution in [2.24, 2.45) is 0 Å². The zero-order valence-corrected chi connectivity index (χ0v) is 17.0. The molecule has 0 bridgehead atoms. The predicted octanol–water partition coefficient (Wildman–Crippen LogP) is 4.15. The summed E-state index contributed by atoms with van der Waals surface area (Å²) in [7, 11) is 1.56. The Bertz CT molecular complexity index is 846. The van der Waals surface area contributed by atoms with Crippen LogP contribution in [0.4, 0.5) is 5.69 Å². The van der Waals surface area contributed by atoms with Crippen molar-refractivity contribution >= 4 is 17.3 Å². The molecule has 1 fully saturated rings. The molecule has 5 heteroatoms. The molecule has 0 aromatic heterocycles. The normalized spacial score (nSPS) is 15.2. The maximum absolute atomic E-state index is 12.8. The quantitative estimate of drug-likeness (QED) is 0.772. The molecule has 0 spiro atoms. The summed E-state index contributed by atoms with van der Waals surface area (Å²) in [5.41, 5.74) is 2.96. The van der Waals surface area contributed by atoms with Gasteiger partial charge in [-0.25, -0.2) is 0 Å². The van der Waals surface area contributed by atoms with Gasteiger partial charge in [-0.05, 0) is 29.7 Å². The summed E-state index contributed by atoms with van der Waals surface area (Å²) >= 11 is 6.32. The number of para-hydroxylation sites is 1. The highest BCUT2D eigenvalue weighted by atomic mass is 35.5. The Hall–Kier alpha value is -2.04. The molecule has 1 aliphatic heterocycles. The van der Waals surface area contributed by atoms with Crippen molar-refractivity contribution in [1.29, 1.82) is 0 Å². The molecule has 144 valence electrons. The number of rotatable bonds is 5. The van der Waals surface area contributed by atoms with Gasteiger partial charge in [-0.2, -0.15) is 0 Å². The first-order valence-electron chi connectivity index (χ1n) is 9.42. The number of halogens is 1. The van der Waals surface area contributed by atoms with Crippen LogP contribution in [0.2, 0.25) is 5.02 Å². The van der Waals surface area contributed by atoms with Gasteiger partial charge in [0.25, 0.3) is 0 Å². The number of ether oxygens (including phenoxy) is 1. The molecule has 27 heavy (non-hydrogen) atoms. The van der Waals surface area contributed by atoms with E-state index in [0.717, 1.165) is 48.0 Å². The van der Waals surface area contributed by atoms with Crippen LogP contribution in [-0.4, -0.2) is 38.2 Å². The van der Waals surface area contributed by atoms with E-state index >= 15 is 0 Å². The highest BCUT2D eigenvalue weighted by molar-refractivity contribution is 6.33. The zero-order chi connectivity index (χ0) is 19.4. The van der Waals surface area contributed by atoms with Crippen molar-refractivity contribution in [2.75, 3.05) is 38.2 Å². The average Bonchev–Trinajstić information content (AvgIpc) is 2.82. The van der Waals surface area contributed by atoms with Crippen molar-refractivity contribution < 1.29 is 4.74 Å². The van der Waals surface area contributed by atoms with Gasteiger partial charge in [0.05, 0.1) is 17.8 Å². The first-order valence-corrected chi connectivity index (χ1v) is 9.80. The number of hydrogen-bond donors (Lipinski definition) is 0. The van der Waals surface area contributed by atoms with Gasteiger partial charge in [0, 0.05) is 38.3 Å². The highest BCUT2D eigenvalue weighted by Gasteiger charge is 2.20. The molecule has 1 aliphatic rings. The molecule has 3 rings (SSSR count). The Labute approximate surface area is 166 Å². The third-order valence-electron chi connectivity index (χ3n) is 5.14. The van der Waals surface area contributed by atoms with E-state index in [1.807, 2.05) is 36.4 Å². The van der Waals surface area contributed by atoms with Crippen molar-refractivity contribution in [3.8, 4) is 5.75 Å². The van der Waals surface area contributed by atoms with Crippen molar-refractivity contribution in [1.82, 2.24) is 4.90 Å². The van der Waals surface area contributed by atoms with Gasteiger partial charge in [0.1, 0.15) is 0 Å². The van der Waals surface area contributed by atoms with Gasteiger partial charge in [-0.15, -0.1) is 0 Å². The molecule has 0 aliphatic carbocycles. The number of nitrogens with zero attached hydrogens (tertiary/aromatic N) is 2. The van der Waals surface area contributed by atoms with Crippen LogP contribution in [-0.2, 0) is 6.54 Å². The third-order valence-corrected chi connectivity index (χ3v) is 5.46. The van der Waals surface area contributed by atoms with Crippen molar-refractivity contribution in [2.45, 2.75) is 26.3 Å². The molecule has 0 N–H and O–H groups in total. The van der Waals surface area contributed by atoms with Gasteiger partial charge in [-0.1, -0.05) is 49.7 Å². The summed E-state index contributed by atoms with van der Waals surface area (Å²) in [5, 5.41) is 0.786.